The van der Waals surface area contributed by atoms with E-state index in [4.69, 9.17) is 0 Å². The Morgan fingerprint density at radius 1 is 1.09 bits per heavy atom. The molecule has 1 heterocycles. The van der Waals surface area contributed by atoms with Gasteiger partial charge in [0.15, 0.2) is 0 Å². The van der Waals surface area contributed by atoms with Gasteiger partial charge >= 0.3 is 0 Å². The number of rotatable bonds is 3. The van der Waals surface area contributed by atoms with Gasteiger partial charge in [-0.2, -0.15) is 0 Å². The Morgan fingerprint density at radius 2 is 1.82 bits per heavy atom. The SMILES string of the molecule is O=C(C=Cc1ccccc1F)N1CCCC1c1ccccc1. The number of hydrogen-bond acceptors (Lipinski definition) is 1. The lowest BCUT2D eigenvalue weighted by Gasteiger charge is -2.23. The summed E-state index contributed by atoms with van der Waals surface area (Å²) in [5, 5.41) is 0. The van der Waals surface area contributed by atoms with E-state index in [-0.39, 0.29) is 17.8 Å². The second kappa shape index (κ2) is 6.56. The number of nitrogens with zero attached hydrogens (tertiary/aromatic N) is 1. The second-order valence-electron chi connectivity index (χ2n) is 5.46. The normalized spacial score (nSPS) is 18.0. The van der Waals surface area contributed by atoms with E-state index in [9.17, 15) is 9.18 Å². The van der Waals surface area contributed by atoms with E-state index >= 15 is 0 Å². The van der Waals surface area contributed by atoms with Gasteiger partial charge in [0.25, 0.3) is 0 Å². The van der Waals surface area contributed by atoms with Gasteiger partial charge in [-0.05, 0) is 30.5 Å². The zero-order valence-electron chi connectivity index (χ0n) is 12.3. The van der Waals surface area contributed by atoms with E-state index in [1.54, 1.807) is 24.3 Å². The Balaban J connectivity index is 1.76. The van der Waals surface area contributed by atoms with Crippen molar-refractivity contribution in [3.63, 3.8) is 0 Å². The molecular weight excluding hydrogens is 277 g/mol. The Kier molecular flexibility index (Phi) is 4.33. The Labute approximate surface area is 129 Å². The van der Waals surface area contributed by atoms with Crippen molar-refractivity contribution in [2.24, 2.45) is 0 Å². The van der Waals surface area contributed by atoms with Crippen molar-refractivity contribution in [2.75, 3.05) is 6.54 Å². The lowest BCUT2D eigenvalue weighted by Crippen LogP contribution is -2.28. The third-order valence-corrected chi connectivity index (χ3v) is 4.03. The molecule has 1 unspecified atom stereocenters. The summed E-state index contributed by atoms with van der Waals surface area (Å²) in [6.45, 7) is 0.750. The predicted molar refractivity (Wildman–Crippen MR) is 85.6 cm³/mol. The number of likely N-dealkylation sites (tertiary alicyclic amines) is 1. The Bertz CT molecular complexity index is 681. The van der Waals surface area contributed by atoms with Crippen LogP contribution in [0, 0.1) is 5.82 Å². The molecule has 3 heteroatoms. The van der Waals surface area contributed by atoms with E-state index in [2.05, 4.69) is 12.1 Å². The molecule has 0 radical (unpaired) electrons. The zero-order valence-corrected chi connectivity index (χ0v) is 12.3. The second-order valence-corrected chi connectivity index (χ2v) is 5.46. The van der Waals surface area contributed by atoms with Crippen molar-refractivity contribution in [3.05, 3.63) is 77.6 Å². The molecule has 2 nitrogen and oxygen atoms in total. The lowest BCUT2D eigenvalue weighted by atomic mass is 10.0. The van der Waals surface area contributed by atoms with Crippen molar-refractivity contribution in [1.29, 1.82) is 0 Å². The maximum Gasteiger partial charge on any atom is 0.247 e. The largest absolute Gasteiger partial charge is 0.332 e. The minimum Gasteiger partial charge on any atom is -0.332 e. The van der Waals surface area contributed by atoms with Crippen LogP contribution in [0.4, 0.5) is 4.39 Å². The molecular formula is C19H18FNO. The van der Waals surface area contributed by atoms with E-state index in [0.29, 0.717) is 5.56 Å². The maximum absolute atomic E-state index is 13.6. The third kappa shape index (κ3) is 3.08. The third-order valence-electron chi connectivity index (χ3n) is 4.03. The van der Waals surface area contributed by atoms with Crippen LogP contribution in [0.1, 0.15) is 30.0 Å². The molecule has 1 saturated heterocycles. The molecule has 0 aliphatic carbocycles. The number of amides is 1. The van der Waals surface area contributed by atoms with Gasteiger partial charge in [0, 0.05) is 18.2 Å². The first-order valence-corrected chi connectivity index (χ1v) is 7.54. The fraction of sp³-hybridized carbons (Fsp3) is 0.211. The summed E-state index contributed by atoms with van der Waals surface area (Å²) in [6.07, 6.45) is 5.00. The molecule has 0 spiro atoms. The molecule has 112 valence electrons. The highest BCUT2D eigenvalue weighted by Crippen LogP contribution is 2.31. The summed E-state index contributed by atoms with van der Waals surface area (Å²) in [4.78, 5) is 14.3. The van der Waals surface area contributed by atoms with Crippen molar-refractivity contribution < 1.29 is 9.18 Å². The van der Waals surface area contributed by atoms with Crippen molar-refractivity contribution in [1.82, 2.24) is 4.90 Å². The first kappa shape index (κ1) is 14.5. The predicted octanol–water partition coefficient (Wildman–Crippen LogP) is 4.20. The minimum absolute atomic E-state index is 0.0605. The van der Waals surface area contributed by atoms with Gasteiger partial charge in [-0.15, -0.1) is 0 Å². The fourth-order valence-corrected chi connectivity index (χ4v) is 2.92. The van der Waals surface area contributed by atoms with Crippen LogP contribution >= 0.6 is 0 Å². The number of carbonyl (C=O) groups excluding carboxylic acids is 1. The summed E-state index contributed by atoms with van der Waals surface area (Å²) in [5.74, 6) is -0.373. The Hall–Kier alpha value is -2.42. The molecule has 1 amide bonds. The number of hydrogen-bond donors (Lipinski definition) is 0. The van der Waals surface area contributed by atoms with E-state index in [0.717, 1.165) is 24.9 Å². The van der Waals surface area contributed by atoms with E-state index in [1.807, 2.05) is 23.1 Å². The summed E-state index contributed by atoms with van der Waals surface area (Å²) in [5.41, 5.74) is 1.60. The van der Waals surface area contributed by atoms with E-state index in [1.165, 1.54) is 12.1 Å². The van der Waals surface area contributed by atoms with Crippen LogP contribution in [0.5, 0.6) is 0 Å². The van der Waals surface area contributed by atoms with Crippen LogP contribution in [-0.2, 0) is 4.79 Å². The molecule has 0 aromatic heterocycles. The number of benzene rings is 2. The van der Waals surface area contributed by atoms with Crippen LogP contribution in [0.15, 0.2) is 60.7 Å². The monoisotopic (exact) mass is 295 g/mol. The zero-order chi connectivity index (χ0) is 15.4. The van der Waals surface area contributed by atoms with Crippen molar-refractivity contribution >= 4 is 12.0 Å². The van der Waals surface area contributed by atoms with Gasteiger partial charge in [-0.3, -0.25) is 4.79 Å². The first-order chi connectivity index (χ1) is 10.8. The molecule has 22 heavy (non-hydrogen) atoms. The quantitative estimate of drug-likeness (QED) is 0.777. The standard InChI is InChI=1S/C19H18FNO/c20-17-10-5-4-7-15(17)12-13-19(22)21-14-6-11-18(21)16-8-2-1-3-9-16/h1-5,7-10,12-13,18H,6,11,14H2. The molecule has 1 aliphatic heterocycles. The molecule has 0 bridgehead atoms. The molecule has 3 rings (SSSR count). The van der Waals surface area contributed by atoms with Crippen LogP contribution in [0.25, 0.3) is 6.08 Å². The molecule has 1 fully saturated rings. The number of carbonyl (C=O) groups is 1. The molecule has 2 aromatic carbocycles. The fourth-order valence-electron chi connectivity index (χ4n) is 2.92. The van der Waals surface area contributed by atoms with Crippen LogP contribution < -0.4 is 0 Å². The molecule has 2 aromatic rings. The Morgan fingerprint density at radius 3 is 2.59 bits per heavy atom. The van der Waals surface area contributed by atoms with Gasteiger partial charge in [0.2, 0.25) is 5.91 Å². The van der Waals surface area contributed by atoms with Gasteiger partial charge in [0.1, 0.15) is 5.82 Å². The first-order valence-electron chi connectivity index (χ1n) is 7.54. The minimum atomic E-state index is -0.312. The van der Waals surface area contributed by atoms with Gasteiger partial charge in [-0.25, -0.2) is 4.39 Å². The summed E-state index contributed by atoms with van der Waals surface area (Å²) < 4.78 is 13.6. The molecule has 0 N–H and O–H groups in total. The van der Waals surface area contributed by atoms with Gasteiger partial charge < -0.3 is 4.90 Å². The van der Waals surface area contributed by atoms with Crippen molar-refractivity contribution in [3.8, 4) is 0 Å². The summed E-state index contributed by atoms with van der Waals surface area (Å²) >= 11 is 0. The summed E-state index contributed by atoms with van der Waals surface area (Å²) in [6, 6.07) is 16.6. The maximum atomic E-state index is 13.6. The lowest BCUT2D eigenvalue weighted by molar-refractivity contribution is -0.126. The smallest absolute Gasteiger partial charge is 0.247 e. The summed E-state index contributed by atoms with van der Waals surface area (Å²) in [7, 11) is 0. The highest BCUT2D eigenvalue weighted by Gasteiger charge is 2.28. The highest BCUT2D eigenvalue weighted by molar-refractivity contribution is 5.92. The highest BCUT2D eigenvalue weighted by atomic mass is 19.1. The average Bonchev–Trinajstić information content (AvgIpc) is 3.04. The molecule has 0 saturated carbocycles. The van der Waals surface area contributed by atoms with Crippen LogP contribution in [0.2, 0.25) is 0 Å². The molecule has 1 atom stereocenters. The van der Waals surface area contributed by atoms with Crippen molar-refractivity contribution in [2.45, 2.75) is 18.9 Å². The van der Waals surface area contributed by atoms with Gasteiger partial charge in [-0.1, -0.05) is 48.5 Å². The van der Waals surface area contributed by atoms with Crippen LogP contribution in [0.3, 0.4) is 0 Å². The van der Waals surface area contributed by atoms with Crippen LogP contribution in [-0.4, -0.2) is 17.4 Å². The topological polar surface area (TPSA) is 20.3 Å². The average molecular weight is 295 g/mol. The van der Waals surface area contributed by atoms with Gasteiger partial charge in [0.05, 0.1) is 6.04 Å². The van der Waals surface area contributed by atoms with E-state index < -0.39 is 0 Å². The number of halogens is 1. The molecule has 1 aliphatic rings.